The van der Waals surface area contributed by atoms with Gasteiger partial charge in [-0.25, -0.2) is 13.2 Å². The number of sulfonamides is 1. The Kier molecular flexibility index (Phi) is 4.29. The second-order valence-corrected chi connectivity index (χ2v) is 7.97. The highest BCUT2D eigenvalue weighted by atomic mass is 32.2. The van der Waals surface area contributed by atoms with Gasteiger partial charge in [0.15, 0.2) is 0 Å². The first-order valence-corrected chi connectivity index (χ1v) is 9.27. The summed E-state index contributed by atoms with van der Waals surface area (Å²) < 4.78 is 32.6. The molecule has 3 rings (SSSR count). The minimum Gasteiger partial charge on any atom is -0.466 e. The lowest BCUT2D eigenvalue weighted by molar-refractivity contribution is -0.136. The minimum atomic E-state index is -3.63. The van der Waals surface area contributed by atoms with Crippen molar-refractivity contribution in [2.24, 2.45) is 0 Å². The zero-order valence-corrected chi connectivity index (χ0v) is 14.2. The van der Waals surface area contributed by atoms with E-state index < -0.39 is 22.0 Å². The second kappa shape index (κ2) is 6.09. The van der Waals surface area contributed by atoms with Crippen molar-refractivity contribution in [3.8, 4) is 0 Å². The number of esters is 1. The summed E-state index contributed by atoms with van der Waals surface area (Å²) in [6.07, 6.45) is 4.72. The van der Waals surface area contributed by atoms with E-state index in [4.69, 9.17) is 4.74 Å². The van der Waals surface area contributed by atoms with Crippen LogP contribution in [0.3, 0.4) is 0 Å². The molecule has 23 heavy (non-hydrogen) atoms. The highest BCUT2D eigenvalue weighted by Crippen LogP contribution is 2.39. The van der Waals surface area contributed by atoms with E-state index in [9.17, 15) is 13.2 Å². The Bertz CT molecular complexity index is 736. The Balaban J connectivity index is 2.02. The summed E-state index contributed by atoms with van der Waals surface area (Å²) in [4.78, 5) is 12.3. The lowest BCUT2D eigenvalue weighted by Crippen LogP contribution is -2.42. The lowest BCUT2D eigenvalue weighted by atomic mass is 10.00. The fraction of sp³-hybridized carbons (Fsp3) is 0.471. The van der Waals surface area contributed by atoms with Crippen molar-refractivity contribution in [1.82, 2.24) is 4.31 Å². The Morgan fingerprint density at radius 1 is 1.17 bits per heavy atom. The molecule has 0 aromatic heterocycles. The molecule has 5 nitrogen and oxygen atoms in total. The molecule has 124 valence electrons. The number of aryl methyl sites for hydroxylation is 1. The number of carbonyl (C=O) groups is 1. The number of nitrogens with zero attached hydrogens (tertiary/aromatic N) is 1. The number of carbonyl (C=O) groups excluding carboxylic acids is 1. The van der Waals surface area contributed by atoms with E-state index >= 15 is 0 Å². The van der Waals surface area contributed by atoms with Crippen LogP contribution < -0.4 is 0 Å². The Labute approximate surface area is 137 Å². The molecule has 0 unspecified atom stereocenters. The third kappa shape index (κ3) is 2.81. The summed E-state index contributed by atoms with van der Waals surface area (Å²) in [6.45, 7) is 1.92. The molecule has 6 heteroatoms. The molecule has 0 N–H and O–H groups in total. The summed E-state index contributed by atoms with van der Waals surface area (Å²) in [6, 6.07) is 6.39. The van der Waals surface area contributed by atoms with Crippen molar-refractivity contribution in [1.29, 1.82) is 0 Å². The average molecular weight is 335 g/mol. The van der Waals surface area contributed by atoms with Crippen LogP contribution >= 0.6 is 0 Å². The van der Waals surface area contributed by atoms with Crippen LogP contribution in [0.1, 0.15) is 31.2 Å². The van der Waals surface area contributed by atoms with E-state index in [0.717, 1.165) is 18.4 Å². The van der Waals surface area contributed by atoms with Gasteiger partial charge in [0.1, 0.15) is 0 Å². The van der Waals surface area contributed by atoms with Crippen LogP contribution in [-0.2, 0) is 19.6 Å². The van der Waals surface area contributed by atoms with Gasteiger partial charge in [0.2, 0.25) is 10.0 Å². The monoisotopic (exact) mass is 335 g/mol. The number of hydrogen-bond acceptors (Lipinski definition) is 4. The molecule has 0 radical (unpaired) electrons. The van der Waals surface area contributed by atoms with Crippen molar-refractivity contribution in [3.05, 3.63) is 41.5 Å². The third-order valence-electron chi connectivity index (χ3n) is 4.68. The van der Waals surface area contributed by atoms with Crippen molar-refractivity contribution >= 4 is 16.0 Å². The largest absolute Gasteiger partial charge is 0.466 e. The molecule has 2 atom stereocenters. The third-order valence-corrected chi connectivity index (χ3v) is 6.66. The quantitative estimate of drug-likeness (QED) is 0.796. The van der Waals surface area contributed by atoms with E-state index in [0.29, 0.717) is 18.4 Å². The molecular formula is C17H21NO4S. The summed E-state index contributed by atoms with van der Waals surface area (Å²) >= 11 is 0. The molecule has 1 aromatic carbocycles. The van der Waals surface area contributed by atoms with Crippen molar-refractivity contribution in [2.45, 2.75) is 49.6 Å². The van der Waals surface area contributed by atoms with Gasteiger partial charge in [0, 0.05) is 6.04 Å². The van der Waals surface area contributed by atoms with Crippen LogP contribution in [0.2, 0.25) is 0 Å². The van der Waals surface area contributed by atoms with Crippen LogP contribution in [0.25, 0.3) is 0 Å². The van der Waals surface area contributed by atoms with Gasteiger partial charge < -0.3 is 4.74 Å². The van der Waals surface area contributed by atoms with Gasteiger partial charge in [-0.3, -0.25) is 0 Å². The van der Waals surface area contributed by atoms with Gasteiger partial charge in [-0.2, -0.15) is 4.31 Å². The van der Waals surface area contributed by atoms with E-state index in [1.54, 1.807) is 24.3 Å². The molecular weight excluding hydrogens is 314 g/mol. The highest BCUT2D eigenvalue weighted by Gasteiger charge is 2.46. The van der Waals surface area contributed by atoms with Crippen molar-refractivity contribution in [2.75, 3.05) is 7.11 Å². The predicted molar refractivity (Wildman–Crippen MR) is 86.3 cm³/mol. The predicted octanol–water partition coefficient (Wildman–Crippen LogP) is 2.41. The maximum absolute atomic E-state index is 13.1. The second-order valence-electron chi connectivity index (χ2n) is 6.12. The first kappa shape index (κ1) is 16.2. The van der Waals surface area contributed by atoms with Gasteiger partial charge in [0.05, 0.1) is 23.6 Å². The SMILES string of the molecule is COC(=O)C1=CCC[C@H]2CC[C@@H]1N2S(=O)(=O)c1ccc(C)cc1. The van der Waals surface area contributed by atoms with Gasteiger partial charge in [-0.05, 0) is 44.7 Å². The fourth-order valence-corrected chi connectivity index (χ4v) is 5.40. The first-order chi connectivity index (χ1) is 10.9. The van der Waals surface area contributed by atoms with E-state index in [1.165, 1.54) is 11.4 Å². The van der Waals surface area contributed by atoms with E-state index in [1.807, 2.05) is 13.0 Å². The number of ether oxygens (including phenoxy) is 1. The Morgan fingerprint density at radius 2 is 1.87 bits per heavy atom. The maximum atomic E-state index is 13.1. The molecule has 1 fully saturated rings. The average Bonchev–Trinajstić information content (AvgIpc) is 2.84. The Hall–Kier alpha value is -1.66. The number of fused-ring (bicyclic) bond motifs is 2. The van der Waals surface area contributed by atoms with Crippen LogP contribution in [-0.4, -0.2) is 37.9 Å². The zero-order chi connectivity index (χ0) is 16.6. The van der Waals surface area contributed by atoms with E-state index in [-0.39, 0.29) is 10.9 Å². The summed E-state index contributed by atoms with van der Waals surface area (Å²) in [5.74, 6) is -0.429. The molecule has 1 aromatic rings. The molecule has 0 aliphatic carbocycles. The number of benzene rings is 1. The molecule has 0 spiro atoms. The van der Waals surface area contributed by atoms with Gasteiger partial charge >= 0.3 is 5.97 Å². The van der Waals surface area contributed by atoms with Crippen LogP contribution in [0.5, 0.6) is 0 Å². The highest BCUT2D eigenvalue weighted by molar-refractivity contribution is 7.89. The van der Waals surface area contributed by atoms with Crippen LogP contribution in [0, 0.1) is 6.92 Å². The Morgan fingerprint density at radius 3 is 2.52 bits per heavy atom. The summed E-state index contributed by atoms with van der Waals surface area (Å²) in [5.41, 5.74) is 1.49. The summed E-state index contributed by atoms with van der Waals surface area (Å²) in [5, 5.41) is 0. The number of rotatable bonds is 3. The standard InChI is InChI=1S/C17H21NO4S/c1-12-6-9-14(10-7-12)23(20,21)18-13-4-3-5-15(17(19)22-2)16(18)11-8-13/h5-7,9-10,13,16H,3-4,8,11H2,1-2H3/t13-,16-/m0/s1. The molecule has 1 saturated heterocycles. The molecule has 2 aliphatic rings. The number of hydrogen-bond donors (Lipinski definition) is 0. The van der Waals surface area contributed by atoms with Crippen LogP contribution in [0.15, 0.2) is 40.8 Å². The van der Waals surface area contributed by atoms with Gasteiger partial charge in [-0.15, -0.1) is 0 Å². The molecule has 0 amide bonds. The van der Waals surface area contributed by atoms with Gasteiger partial charge in [0.25, 0.3) is 0 Å². The van der Waals surface area contributed by atoms with Crippen LogP contribution in [0.4, 0.5) is 0 Å². The molecule has 2 heterocycles. The van der Waals surface area contributed by atoms with E-state index in [2.05, 4.69) is 0 Å². The maximum Gasteiger partial charge on any atom is 0.335 e. The van der Waals surface area contributed by atoms with Crippen molar-refractivity contribution in [3.63, 3.8) is 0 Å². The first-order valence-electron chi connectivity index (χ1n) is 7.83. The van der Waals surface area contributed by atoms with Gasteiger partial charge in [-0.1, -0.05) is 23.8 Å². The smallest absolute Gasteiger partial charge is 0.335 e. The fourth-order valence-electron chi connectivity index (χ4n) is 3.52. The topological polar surface area (TPSA) is 63.7 Å². The molecule has 2 aliphatic heterocycles. The minimum absolute atomic E-state index is 0.0512. The normalized spacial score (nSPS) is 24.9. The molecule has 0 saturated carbocycles. The number of allylic oxidation sites excluding steroid dienone is 1. The van der Waals surface area contributed by atoms with Crippen molar-refractivity contribution < 1.29 is 17.9 Å². The lowest BCUT2D eigenvalue weighted by Gasteiger charge is -2.28. The number of methoxy groups -OCH3 is 1. The summed E-state index contributed by atoms with van der Waals surface area (Å²) in [7, 11) is -2.30. The zero-order valence-electron chi connectivity index (χ0n) is 13.4. The molecule has 2 bridgehead atoms.